The standard InChI is InChI=1S/C11H17BrN4OS/c1-3-16-10(15-4-6-17-7-5-15)13-14-11(16)18-8-9(2)12/h2-8H2,1H3. The first-order valence-corrected chi connectivity index (χ1v) is 7.72. The second-order valence-electron chi connectivity index (χ2n) is 3.93. The van der Waals surface area contributed by atoms with E-state index in [0.29, 0.717) is 0 Å². The Morgan fingerprint density at radius 2 is 2.17 bits per heavy atom. The van der Waals surface area contributed by atoms with Crippen LogP contribution in [0.15, 0.2) is 16.2 Å². The topological polar surface area (TPSA) is 43.2 Å². The van der Waals surface area contributed by atoms with E-state index < -0.39 is 0 Å². The Labute approximate surface area is 120 Å². The van der Waals surface area contributed by atoms with Crippen molar-refractivity contribution >= 4 is 33.6 Å². The molecule has 0 spiro atoms. The van der Waals surface area contributed by atoms with E-state index in [2.05, 4.69) is 49.1 Å². The Morgan fingerprint density at radius 3 is 2.78 bits per heavy atom. The van der Waals surface area contributed by atoms with Gasteiger partial charge in [-0.25, -0.2) is 0 Å². The third-order valence-corrected chi connectivity index (χ3v) is 4.37. The van der Waals surface area contributed by atoms with Gasteiger partial charge < -0.3 is 9.64 Å². The molecule has 1 aliphatic heterocycles. The summed E-state index contributed by atoms with van der Waals surface area (Å²) in [5, 5.41) is 9.52. The van der Waals surface area contributed by atoms with E-state index in [-0.39, 0.29) is 0 Å². The Morgan fingerprint density at radius 1 is 1.44 bits per heavy atom. The molecule has 0 amide bonds. The molecule has 1 fully saturated rings. The molecule has 0 aliphatic carbocycles. The van der Waals surface area contributed by atoms with Gasteiger partial charge >= 0.3 is 0 Å². The highest BCUT2D eigenvalue weighted by Gasteiger charge is 2.19. The first-order valence-electron chi connectivity index (χ1n) is 5.94. The van der Waals surface area contributed by atoms with Gasteiger partial charge in [0, 0.05) is 25.4 Å². The molecule has 1 aromatic heterocycles. The summed E-state index contributed by atoms with van der Waals surface area (Å²) in [4.78, 5) is 2.23. The van der Waals surface area contributed by atoms with E-state index >= 15 is 0 Å². The van der Waals surface area contributed by atoms with Gasteiger partial charge in [0.15, 0.2) is 5.16 Å². The van der Waals surface area contributed by atoms with Crippen molar-refractivity contribution in [1.29, 1.82) is 0 Å². The fourth-order valence-electron chi connectivity index (χ4n) is 1.80. The van der Waals surface area contributed by atoms with Gasteiger partial charge in [-0.3, -0.25) is 4.57 Å². The highest BCUT2D eigenvalue weighted by molar-refractivity contribution is 9.11. The summed E-state index contributed by atoms with van der Waals surface area (Å²) in [6, 6.07) is 0. The number of hydrogen-bond acceptors (Lipinski definition) is 5. The van der Waals surface area contributed by atoms with Crippen molar-refractivity contribution in [1.82, 2.24) is 14.8 Å². The van der Waals surface area contributed by atoms with Crippen LogP contribution in [0.4, 0.5) is 5.95 Å². The minimum absolute atomic E-state index is 0.761. The number of hydrogen-bond donors (Lipinski definition) is 0. The van der Waals surface area contributed by atoms with Crippen molar-refractivity contribution in [2.75, 3.05) is 37.0 Å². The molecule has 0 unspecified atom stereocenters. The first-order chi connectivity index (χ1) is 8.72. The average Bonchev–Trinajstić information content (AvgIpc) is 2.80. The van der Waals surface area contributed by atoms with Crippen LogP contribution in [0, 0.1) is 0 Å². The van der Waals surface area contributed by atoms with Gasteiger partial charge in [0.1, 0.15) is 0 Å². The van der Waals surface area contributed by atoms with E-state index in [1.807, 2.05) is 0 Å². The van der Waals surface area contributed by atoms with Gasteiger partial charge in [-0.05, 0) is 11.4 Å². The van der Waals surface area contributed by atoms with Crippen LogP contribution in [0.25, 0.3) is 0 Å². The number of halogens is 1. The quantitative estimate of drug-likeness (QED) is 0.773. The van der Waals surface area contributed by atoms with Crippen LogP contribution in [0.1, 0.15) is 6.92 Å². The molecule has 1 aromatic rings. The molecule has 1 aliphatic rings. The predicted molar refractivity (Wildman–Crippen MR) is 77.5 cm³/mol. The Bertz CT molecular complexity index is 417. The fourth-order valence-corrected chi connectivity index (χ4v) is 2.90. The normalized spacial score (nSPS) is 16.0. The molecule has 0 N–H and O–H groups in total. The zero-order chi connectivity index (χ0) is 13.0. The zero-order valence-corrected chi connectivity index (χ0v) is 12.8. The molecule has 5 nitrogen and oxygen atoms in total. The van der Waals surface area contributed by atoms with Crippen LogP contribution < -0.4 is 4.90 Å². The van der Waals surface area contributed by atoms with Crippen LogP contribution in [0.5, 0.6) is 0 Å². The van der Waals surface area contributed by atoms with E-state index in [1.54, 1.807) is 11.8 Å². The minimum Gasteiger partial charge on any atom is -0.378 e. The maximum Gasteiger partial charge on any atom is 0.228 e. The van der Waals surface area contributed by atoms with Crippen LogP contribution in [-0.2, 0) is 11.3 Å². The zero-order valence-electron chi connectivity index (χ0n) is 10.4. The molecule has 1 saturated heterocycles. The highest BCUT2D eigenvalue weighted by Crippen LogP contribution is 2.24. The monoisotopic (exact) mass is 332 g/mol. The Kier molecular flexibility index (Phi) is 5.08. The lowest BCUT2D eigenvalue weighted by molar-refractivity contribution is 0.121. The summed E-state index contributed by atoms with van der Waals surface area (Å²) >= 11 is 5.01. The van der Waals surface area contributed by atoms with Crippen molar-refractivity contribution in [3.05, 3.63) is 11.1 Å². The molecular weight excluding hydrogens is 316 g/mol. The largest absolute Gasteiger partial charge is 0.378 e. The summed E-state index contributed by atoms with van der Waals surface area (Å²) in [5.74, 6) is 1.75. The number of aromatic nitrogens is 3. The van der Waals surface area contributed by atoms with Crippen LogP contribution in [-0.4, -0.2) is 46.8 Å². The molecule has 2 rings (SSSR count). The van der Waals surface area contributed by atoms with Crippen LogP contribution >= 0.6 is 27.7 Å². The molecule has 7 heteroatoms. The Balaban J connectivity index is 2.12. The second-order valence-corrected chi connectivity index (χ2v) is 6.00. The number of rotatable bonds is 5. The SMILES string of the molecule is C=C(Br)CSc1nnc(N2CCOCC2)n1CC. The van der Waals surface area contributed by atoms with Crippen molar-refractivity contribution in [3.63, 3.8) is 0 Å². The minimum atomic E-state index is 0.761. The molecule has 0 atom stereocenters. The number of thioether (sulfide) groups is 1. The van der Waals surface area contributed by atoms with E-state index in [0.717, 1.165) is 54.2 Å². The fraction of sp³-hybridized carbons (Fsp3) is 0.636. The van der Waals surface area contributed by atoms with Crippen molar-refractivity contribution in [2.24, 2.45) is 0 Å². The smallest absolute Gasteiger partial charge is 0.228 e. The van der Waals surface area contributed by atoms with Gasteiger partial charge in [0.2, 0.25) is 5.95 Å². The van der Waals surface area contributed by atoms with Crippen molar-refractivity contribution < 1.29 is 4.74 Å². The molecule has 0 saturated carbocycles. The van der Waals surface area contributed by atoms with E-state index in [9.17, 15) is 0 Å². The summed E-state index contributed by atoms with van der Waals surface area (Å²) in [6.45, 7) is 10.1. The van der Waals surface area contributed by atoms with Gasteiger partial charge in [-0.2, -0.15) is 0 Å². The highest BCUT2D eigenvalue weighted by atomic mass is 79.9. The maximum absolute atomic E-state index is 5.36. The van der Waals surface area contributed by atoms with Gasteiger partial charge in [0.25, 0.3) is 0 Å². The third kappa shape index (κ3) is 3.27. The number of morpholine rings is 1. The van der Waals surface area contributed by atoms with E-state index in [4.69, 9.17) is 4.74 Å². The summed E-state index contributed by atoms with van der Waals surface area (Å²) in [5.41, 5.74) is 0. The Hall–Kier alpha value is -0.530. The lowest BCUT2D eigenvalue weighted by Crippen LogP contribution is -2.38. The van der Waals surface area contributed by atoms with Crippen molar-refractivity contribution in [2.45, 2.75) is 18.6 Å². The summed E-state index contributed by atoms with van der Waals surface area (Å²) < 4.78 is 8.47. The average molecular weight is 333 g/mol. The lowest BCUT2D eigenvalue weighted by atomic mass is 10.4. The van der Waals surface area contributed by atoms with Crippen LogP contribution in [0.2, 0.25) is 0 Å². The summed E-state index contributed by atoms with van der Waals surface area (Å²) in [6.07, 6.45) is 0. The lowest BCUT2D eigenvalue weighted by Gasteiger charge is -2.27. The molecular formula is C11H17BrN4OS. The number of anilines is 1. The number of nitrogens with zero attached hydrogens (tertiary/aromatic N) is 4. The van der Waals surface area contributed by atoms with Gasteiger partial charge in [0.05, 0.1) is 13.2 Å². The molecule has 18 heavy (non-hydrogen) atoms. The molecule has 2 heterocycles. The second kappa shape index (κ2) is 6.58. The summed E-state index contributed by atoms with van der Waals surface area (Å²) in [7, 11) is 0. The molecule has 0 radical (unpaired) electrons. The van der Waals surface area contributed by atoms with Gasteiger partial charge in [-0.15, -0.1) is 10.2 Å². The van der Waals surface area contributed by atoms with E-state index in [1.165, 1.54) is 0 Å². The van der Waals surface area contributed by atoms with Gasteiger partial charge in [-0.1, -0.05) is 34.3 Å². The number of ether oxygens (including phenoxy) is 1. The predicted octanol–water partition coefficient (Wildman–Crippen LogP) is 2.14. The molecule has 0 aromatic carbocycles. The molecule has 100 valence electrons. The first kappa shape index (κ1) is 13.9. The van der Waals surface area contributed by atoms with Crippen molar-refractivity contribution in [3.8, 4) is 0 Å². The third-order valence-electron chi connectivity index (χ3n) is 2.67. The van der Waals surface area contributed by atoms with Crippen LogP contribution in [0.3, 0.4) is 0 Å². The molecule has 0 bridgehead atoms. The maximum atomic E-state index is 5.36.